The summed E-state index contributed by atoms with van der Waals surface area (Å²) in [6.07, 6.45) is 1.24. The van der Waals surface area contributed by atoms with Crippen LogP contribution >= 0.6 is 11.6 Å². The van der Waals surface area contributed by atoms with E-state index in [1.54, 1.807) is 60.7 Å². The van der Waals surface area contributed by atoms with Gasteiger partial charge >= 0.3 is 12.0 Å². The van der Waals surface area contributed by atoms with Gasteiger partial charge in [-0.05, 0) is 48.5 Å². The molecule has 0 saturated carbocycles. The van der Waals surface area contributed by atoms with Crippen LogP contribution in [0.3, 0.4) is 0 Å². The van der Waals surface area contributed by atoms with Gasteiger partial charge in [0, 0.05) is 10.6 Å². The molecule has 4 rings (SSSR count). The third-order valence-electron chi connectivity index (χ3n) is 4.90. The molecule has 8 nitrogen and oxygen atoms in total. The lowest BCUT2D eigenvalue weighted by molar-refractivity contribution is -0.139. The van der Waals surface area contributed by atoms with Gasteiger partial charge in [0.1, 0.15) is 11.3 Å². The van der Waals surface area contributed by atoms with Crippen molar-refractivity contribution in [2.24, 2.45) is 0 Å². The molecule has 1 aliphatic heterocycles. The minimum absolute atomic E-state index is 0.106. The zero-order valence-corrected chi connectivity index (χ0v) is 18.3. The fraction of sp³-hybridized carbons (Fsp3) is 0.0400. The maximum atomic E-state index is 13.4. The molecular formula is C25H17ClN2O6. The Morgan fingerprint density at radius 2 is 1.38 bits per heavy atom. The van der Waals surface area contributed by atoms with Crippen LogP contribution in [0.4, 0.5) is 16.2 Å². The molecule has 0 unspecified atom stereocenters. The Balaban J connectivity index is 1.86. The van der Waals surface area contributed by atoms with E-state index in [0.717, 1.165) is 9.80 Å². The second-order valence-electron chi connectivity index (χ2n) is 7.16. The van der Waals surface area contributed by atoms with E-state index in [-0.39, 0.29) is 33.3 Å². The van der Waals surface area contributed by atoms with Gasteiger partial charge in [-0.15, -0.1) is 0 Å². The summed E-state index contributed by atoms with van der Waals surface area (Å²) in [5.74, 6) is -2.76. The van der Waals surface area contributed by atoms with Crippen LogP contribution in [-0.4, -0.2) is 35.5 Å². The fourth-order valence-electron chi connectivity index (χ4n) is 3.40. The van der Waals surface area contributed by atoms with Crippen LogP contribution in [0.2, 0.25) is 5.02 Å². The topological polar surface area (TPSA) is 104 Å². The third kappa shape index (κ3) is 4.53. The summed E-state index contributed by atoms with van der Waals surface area (Å²) in [4.78, 5) is 52.9. The average molecular weight is 477 g/mol. The van der Waals surface area contributed by atoms with E-state index in [0.29, 0.717) is 0 Å². The van der Waals surface area contributed by atoms with Crippen molar-refractivity contribution in [3.8, 4) is 5.75 Å². The van der Waals surface area contributed by atoms with Crippen molar-refractivity contribution in [1.82, 2.24) is 0 Å². The average Bonchev–Trinajstić information content (AvgIpc) is 2.82. The minimum atomic E-state index is -1.20. The van der Waals surface area contributed by atoms with Gasteiger partial charge in [0.05, 0.1) is 11.4 Å². The van der Waals surface area contributed by atoms with Crippen LogP contribution in [0, 0.1) is 0 Å². The Bertz CT molecular complexity index is 1240. The lowest BCUT2D eigenvalue weighted by Gasteiger charge is -2.34. The van der Waals surface area contributed by atoms with Crippen LogP contribution in [0.5, 0.6) is 5.75 Å². The molecule has 0 atom stereocenters. The summed E-state index contributed by atoms with van der Waals surface area (Å²) >= 11 is 6.10. The van der Waals surface area contributed by atoms with E-state index in [1.807, 2.05) is 0 Å². The van der Waals surface area contributed by atoms with E-state index in [1.165, 1.54) is 24.3 Å². The van der Waals surface area contributed by atoms with E-state index < -0.39 is 30.4 Å². The molecule has 34 heavy (non-hydrogen) atoms. The number of rotatable bonds is 6. The molecule has 0 bridgehead atoms. The van der Waals surface area contributed by atoms with Gasteiger partial charge in [0.15, 0.2) is 6.61 Å². The van der Waals surface area contributed by atoms with Crippen LogP contribution < -0.4 is 14.5 Å². The molecule has 0 radical (unpaired) electrons. The maximum Gasteiger partial charge on any atom is 0.343 e. The number of aliphatic carboxylic acids is 1. The second kappa shape index (κ2) is 9.60. The highest BCUT2D eigenvalue weighted by Gasteiger charge is 2.43. The van der Waals surface area contributed by atoms with Crippen molar-refractivity contribution >= 4 is 52.9 Å². The number of para-hydroxylation sites is 2. The molecular weight excluding hydrogens is 460 g/mol. The van der Waals surface area contributed by atoms with Crippen LogP contribution in [-0.2, 0) is 14.4 Å². The molecule has 1 fully saturated rings. The normalized spacial score (nSPS) is 13.8. The van der Waals surface area contributed by atoms with Gasteiger partial charge in [-0.2, -0.15) is 0 Å². The Kier molecular flexibility index (Phi) is 6.42. The highest BCUT2D eigenvalue weighted by Crippen LogP contribution is 2.32. The lowest BCUT2D eigenvalue weighted by atomic mass is 10.0. The number of anilines is 2. The van der Waals surface area contributed by atoms with Crippen molar-refractivity contribution in [1.29, 1.82) is 0 Å². The smallest absolute Gasteiger partial charge is 0.343 e. The summed E-state index contributed by atoms with van der Waals surface area (Å²) in [5.41, 5.74) is 0.450. The van der Waals surface area contributed by atoms with Crippen molar-refractivity contribution in [2.75, 3.05) is 16.4 Å². The molecule has 1 N–H and O–H groups in total. The molecule has 3 aromatic rings. The van der Waals surface area contributed by atoms with Crippen molar-refractivity contribution < 1.29 is 29.0 Å². The van der Waals surface area contributed by atoms with Crippen LogP contribution in [0.15, 0.2) is 84.4 Å². The quantitative estimate of drug-likeness (QED) is 0.418. The first-order valence-electron chi connectivity index (χ1n) is 10.1. The lowest BCUT2D eigenvalue weighted by Crippen LogP contribution is -2.57. The number of ether oxygens (including phenoxy) is 1. The van der Waals surface area contributed by atoms with Gasteiger partial charge in [-0.1, -0.05) is 48.0 Å². The Morgan fingerprint density at radius 1 is 0.853 bits per heavy atom. The van der Waals surface area contributed by atoms with Gasteiger partial charge in [0.2, 0.25) is 0 Å². The molecule has 1 heterocycles. The first kappa shape index (κ1) is 22.8. The molecule has 0 aromatic heterocycles. The van der Waals surface area contributed by atoms with Crippen LogP contribution in [0.1, 0.15) is 5.56 Å². The Labute approximate surface area is 199 Å². The van der Waals surface area contributed by atoms with E-state index >= 15 is 0 Å². The number of carboxylic acids is 1. The number of carbonyl (C=O) groups excluding carboxylic acids is 3. The van der Waals surface area contributed by atoms with Gasteiger partial charge in [0.25, 0.3) is 11.8 Å². The molecule has 1 saturated heterocycles. The van der Waals surface area contributed by atoms with Gasteiger partial charge in [-0.3, -0.25) is 9.59 Å². The van der Waals surface area contributed by atoms with Crippen molar-refractivity contribution in [3.63, 3.8) is 0 Å². The Hall–Kier alpha value is -4.43. The second-order valence-corrected chi connectivity index (χ2v) is 7.59. The number of carbonyl (C=O) groups is 4. The van der Waals surface area contributed by atoms with E-state index in [2.05, 4.69) is 0 Å². The molecule has 0 spiro atoms. The summed E-state index contributed by atoms with van der Waals surface area (Å²) < 4.78 is 5.29. The van der Waals surface area contributed by atoms with Gasteiger partial charge in [-0.25, -0.2) is 19.4 Å². The number of hydrogen-bond donors (Lipinski definition) is 1. The zero-order chi connectivity index (χ0) is 24.2. The number of barbiturate groups is 1. The number of urea groups is 1. The third-order valence-corrected chi connectivity index (χ3v) is 5.14. The summed E-state index contributed by atoms with van der Waals surface area (Å²) in [5, 5.41) is 9.23. The predicted molar refractivity (Wildman–Crippen MR) is 126 cm³/mol. The van der Waals surface area contributed by atoms with Gasteiger partial charge < -0.3 is 9.84 Å². The van der Waals surface area contributed by atoms with Crippen molar-refractivity contribution in [2.45, 2.75) is 0 Å². The number of amides is 4. The molecule has 170 valence electrons. The minimum Gasteiger partial charge on any atom is -0.481 e. The molecule has 4 amide bonds. The predicted octanol–water partition coefficient (Wildman–Crippen LogP) is 4.39. The molecule has 9 heteroatoms. The van der Waals surface area contributed by atoms with E-state index in [9.17, 15) is 19.2 Å². The largest absolute Gasteiger partial charge is 0.481 e. The highest BCUT2D eigenvalue weighted by molar-refractivity contribution is 6.46. The summed E-state index contributed by atoms with van der Waals surface area (Å²) in [6, 6.07) is 20.0. The number of benzene rings is 3. The van der Waals surface area contributed by atoms with E-state index in [4.69, 9.17) is 21.4 Å². The number of halogens is 1. The molecule has 1 aliphatic rings. The standard InChI is InChI=1S/C25H17ClN2O6/c26-17-11-12-21(34-15-22(29)30)16(13-17)14-20-23(31)27(18-7-3-1-4-8-18)25(33)28(24(20)32)19-9-5-2-6-10-19/h1-14H,15H2,(H,29,30). The first-order chi connectivity index (χ1) is 16.4. The van der Waals surface area contributed by atoms with Crippen LogP contribution in [0.25, 0.3) is 6.08 Å². The SMILES string of the molecule is O=C(O)COc1ccc(Cl)cc1C=C1C(=O)N(c2ccccc2)C(=O)N(c2ccccc2)C1=O. The summed E-state index contributed by atoms with van der Waals surface area (Å²) in [6.45, 7) is -0.634. The first-order valence-corrected chi connectivity index (χ1v) is 10.4. The van der Waals surface area contributed by atoms with Crippen molar-refractivity contribution in [3.05, 3.63) is 95.0 Å². The molecule has 0 aliphatic carbocycles. The molecule has 3 aromatic carbocycles. The Morgan fingerprint density at radius 3 is 1.88 bits per heavy atom. The number of imide groups is 2. The zero-order valence-electron chi connectivity index (χ0n) is 17.6. The maximum absolute atomic E-state index is 13.4. The number of carboxylic acid groups (broad SMARTS) is 1. The summed E-state index contributed by atoms with van der Waals surface area (Å²) in [7, 11) is 0. The highest BCUT2D eigenvalue weighted by atomic mass is 35.5. The fourth-order valence-corrected chi connectivity index (χ4v) is 3.58. The number of nitrogens with zero attached hydrogens (tertiary/aromatic N) is 2. The monoisotopic (exact) mass is 476 g/mol. The number of hydrogen-bond acceptors (Lipinski definition) is 5.